The van der Waals surface area contributed by atoms with Crippen molar-refractivity contribution in [2.75, 3.05) is 25.0 Å². The van der Waals surface area contributed by atoms with Gasteiger partial charge in [-0.25, -0.2) is 9.97 Å². The van der Waals surface area contributed by atoms with Gasteiger partial charge in [0.15, 0.2) is 0 Å². The van der Waals surface area contributed by atoms with Crippen LogP contribution in [0.25, 0.3) is 0 Å². The van der Waals surface area contributed by atoms with Gasteiger partial charge in [-0.05, 0) is 31.2 Å². The van der Waals surface area contributed by atoms with E-state index in [0.29, 0.717) is 18.2 Å². The number of rotatable bonds is 5. The Bertz CT molecular complexity index is 779. The molecule has 1 aliphatic carbocycles. The molecule has 7 heteroatoms. The van der Waals surface area contributed by atoms with Crippen LogP contribution in [0.5, 0.6) is 0 Å². The standard InChI is InChI=1S/C17H22N6O/c1-22(8-6-11-9-19-23(2)10-11)16-13-5-7-18-17(24)14(13)20-15(21-16)12-3-4-12/h9-10,12H,3-8H2,1-2H3,(H,18,24). The minimum absolute atomic E-state index is 0.0672. The number of anilines is 1. The largest absolute Gasteiger partial charge is 0.359 e. The van der Waals surface area contributed by atoms with Gasteiger partial charge < -0.3 is 10.2 Å². The Kier molecular flexibility index (Phi) is 3.70. The lowest BCUT2D eigenvalue weighted by Gasteiger charge is -2.25. The van der Waals surface area contributed by atoms with E-state index in [0.717, 1.165) is 49.4 Å². The average molecular weight is 326 g/mol. The Morgan fingerprint density at radius 3 is 2.92 bits per heavy atom. The number of hydrogen-bond donors (Lipinski definition) is 1. The molecule has 1 N–H and O–H groups in total. The zero-order valence-electron chi connectivity index (χ0n) is 14.1. The molecule has 1 saturated carbocycles. The normalized spacial score (nSPS) is 16.7. The number of likely N-dealkylation sites (N-methyl/N-ethyl adjacent to an activating group) is 1. The fraction of sp³-hybridized carbons (Fsp3) is 0.529. The Hall–Kier alpha value is -2.44. The molecule has 2 aromatic heterocycles. The quantitative estimate of drug-likeness (QED) is 0.889. The van der Waals surface area contributed by atoms with Crippen LogP contribution < -0.4 is 10.2 Å². The Labute approximate surface area is 141 Å². The van der Waals surface area contributed by atoms with Crippen molar-refractivity contribution in [3.05, 3.63) is 35.0 Å². The van der Waals surface area contributed by atoms with Crippen molar-refractivity contribution in [2.45, 2.75) is 31.6 Å². The number of hydrogen-bond acceptors (Lipinski definition) is 5. The van der Waals surface area contributed by atoms with Crippen molar-refractivity contribution < 1.29 is 4.79 Å². The number of amides is 1. The van der Waals surface area contributed by atoms with Gasteiger partial charge in [0.25, 0.3) is 5.91 Å². The number of carbonyl (C=O) groups is 1. The summed E-state index contributed by atoms with van der Waals surface area (Å²) in [6, 6.07) is 0. The van der Waals surface area contributed by atoms with E-state index < -0.39 is 0 Å². The number of fused-ring (bicyclic) bond motifs is 1. The molecular weight excluding hydrogens is 304 g/mol. The van der Waals surface area contributed by atoms with E-state index in [-0.39, 0.29) is 5.91 Å². The van der Waals surface area contributed by atoms with Crippen molar-refractivity contribution in [2.24, 2.45) is 7.05 Å². The van der Waals surface area contributed by atoms with Crippen LogP contribution >= 0.6 is 0 Å². The first-order valence-electron chi connectivity index (χ1n) is 8.49. The molecule has 0 saturated heterocycles. The van der Waals surface area contributed by atoms with Crippen LogP contribution in [0, 0.1) is 0 Å². The Morgan fingerprint density at radius 1 is 1.38 bits per heavy atom. The number of aromatic nitrogens is 4. The lowest BCUT2D eigenvalue weighted by atomic mass is 10.1. The van der Waals surface area contributed by atoms with Gasteiger partial charge in [0.2, 0.25) is 0 Å². The first-order valence-corrected chi connectivity index (χ1v) is 8.49. The highest BCUT2D eigenvalue weighted by Crippen LogP contribution is 2.39. The molecule has 2 aromatic rings. The van der Waals surface area contributed by atoms with Gasteiger partial charge in [-0.2, -0.15) is 5.10 Å². The summed E-state index contributed by atoms with van der Waals surface area (Å²) in [6.07, 6.45) is 7.86. The summed E-state index contributed by atoms with van der Waals surface area (Å²) in [5.41, 5.74) is 2.76. The average Bonchev–Trinajstić information content (AvgIpc) is 3.34. The molecular formula is C17H22N6O. The lowest BCUT2D eigenvalue weighted by Crippen LogP contribution is -2.35. The van der Waals surface area contributed by atoms with Crippen molar-refractivity contribution in [3.8, 4) is 0 Å². The van der Waals surface area contributed by atoms with Crippen LogP contribution in [-0.2, 0) is 19.9 Å². The minimum Gasteiger partial charge on any atom is -0.359 e. The molecule has 2 aliphatic rings. The second kappa shape index (κ2) is 5.89. The molecule has 4 rings (SSSR count). The molecule has 1 amide bonds. The fourth-order valence-corrected chi connectivity index (χ4v) is 3.14. The molecule has 1 aliphatic heterocycles. The van der Waals surface area contributed by atoms with E-state index in [1.54, 1.807) is 0 Å². The third kappa shape index (κ3) is 2.86. The molecule has 0 unspecified atom stereocenters. The zero-order valence-corrected chi connectivity index (χ0v) is 14.1. The summed E-state index contributed by atoms with van der Waals surface area (Å²) in [4.78, 5) is 23.7. The van der Waals surface area contributed by atoms with Gasteiger partial charge >= 0.3 is 0 Å². The highest BCUT2D eigenvalue weighted by Gasteiger charge is 2.31. The highest BCUT2D eigenvalue weighted by atomic mass is 16.1. The van der Waals surface area contributed by atoms with E-state index in [4.69, 9.17) is 4.98 Å². The van der Waals surface area contributed by atoms with Gasteiger partial charge in [0, 0.05) is 44.9 Å². The molecule has 1 fully saturated rings. The summed E-state index contributed by atoms with van der Waals surface area (Å²) < 4.78 is 1.82. The van der Waals surface area contributed by atoms with Gasteiger partial charge in [-0.3, -0.25) is 9.48 Å². The maximum Gasteiger partial charge on any atom is 0.270 e. The molecule has 3 heterocycles. The van der Waals surface area contributed by atoms with Crippen LogP contribution in [-0.4, -0.2) is 45.8 Å². The lowest BCUT2D eigenvalue weighted by molar-refractivity contribution is 0.0940. The summed E-state index contributed by atoms with van der Waals surface area (Å²) >= 11 is 0. The van der Waals surface area contributed by atoms with E-state index >= 15 is 0 Å². The van der Waals surface area contributed by atoms with Gasteiger partial charge in [-0.15, -0.1) is 0 Å². The number of aryl methyl sites for hydroxylation is 1. The van der Waals surface area contributed by atoms with Gasteiger partial charge in [-0.1, -0.05) is 0 Å². The van der Waals surface area contributed by atoms with E-state index in [9.17, 15) is 4.79 Å². The first kappa shape index (κ1) is 15.1. The topological polar surface area (TPSA) is 75.9 Å². The second-order valence-electron chi connectivity index (χ2n) is 6.71. The SMILES string of the molecule is CN(CCc1cnn(C)c1)c1nc(C2CC2)nc2c1CCNC2=O. The van der Waals surface area contributed by atoms with Crippen molar-refractivity contribution >= 4 is 11.7 Å². The molecule has 0 radical (unpaired) electrons. The molecule has 126 valence electrons. The number of nitrogens with zero attached hydrogens (tertiary/aromatic N) is 5. The van der Waals surface area contributed by atoms with E-state index in [2.05, 4.69) is 20.3 Å². The summed E-state index contributed by atoms with van der Waals surface area (Å²) in [5.74, 6) is 2.10. The molecule has 7 nitrogen and oxygen atoms in total. The van der Waals surface area contributed by atoms with Crippen LogP contribution in [0.1, 0.15) is 46.2 Å². The smallest absolute Gasteiger partial charge is 0.270 e. The van der Waals surface area contributed by atoms with Crippen molar-refractivity contribution in [3.63, 3.8) is 0 Å². The monoisotopic (exact) mass is 326 g/mol. The van der Waals surface area contributed by atoms with Crippen LogP contribution in [0.4, 0.5) is 5.82 Å². The molecule has 24 heavy (non-hydrogen) atoms. The number of carbonyl (C=O) groups excluding carboxylic acids is 1. The molecule has 0 spiro atoms. The molecule has 0 aromatic carbocycles. The fourth-order valence-electron chi connectivity index (χ4n) is 3.14. The second-order valence-corrected chi connectivity index (χ2v) is 6.71. The summed E-state index contributed by atoms with van der Waals surface area (Å²) in [5, 5.41) is 7.11. The van der Waals surface area contributed by atoms with Gasteiger partial charge in [0.1, 0.15) is 17.3 Å². The highest BCUT2D eigenvalue weighted by molar-refractivity contribution is 5.96. The van der Waals surface area contributed by atoms with Crippen molar-refractivity contribution in [1.29, 1.82) is 0 Å². The number of nitrogens with one attached hydrogen (secondary N) is 1. The predicted octanol–water partition coefficient (Wildman–Crippen LogP) is 1.05. The van der Waals surface area contributed by atoms with Gasteiger partial charge in [0.05, 0.1) is 6.20 Å². The van der Waals surface area contributed by atoms with E-state index in [1.165, 1.54) is 5.56 Å². The molecule has 0 atom stereocenters. The Morgan fingerprint density at radius 2 is 2.21 bits per heavy atom. The maximum atomic E-state index is 12.2. The van der Waals surface area contributed by atoms with Crippen molar-refractivity contribution in [1.82, 2.24) is 25.1 Å². The summed E-state index contributed by atoms with van der Waals surface area (Å²) in [7, 11) is 3.97. The third-order valence-electron chi connectivity index (χ3n) is 4.68. The van der Waals surface area contributed by atoms with E-state index in [1.807, 2.05) is 31.2 Å². The van der Waals surface area contributed by atoms with Crippen LogP contribution in [0.15, 0.2) is 12.4 Å². The third-order valence-corrected chi connectivity index (χ3v) is 4.68. The van der Waals surface area contributed by atoms with Crippen LogP contribution in [0.3, 0.4) is 0 Å². The predicted molar refractivity (Wildman–Crippen MR) is 90.2 cm³/mol. The first-order chi connectivity index (χ1) is 11.6. The molecule has 0 bridgehead atoms. The zero-order chi connectivity index (χ0) is 16.7. The van der Waals surface area contributed by atoms with Crippen LogP contribution in [0.2, 0.25) is 0 Å². The summed E-state index contributed by atoms with van der Waals surface area (Å²) in [6.45, 7) is 1.49. The maximum absolute atomic E-state index is 12.2. The minimum atomic E-state index is -0.0672. The Balaban J connectivity index is 1.61.